The van der Waals surface area contributed by atoms with Crippen molar-refractivity contribution in [2.45, 2.75) is 19.4 Å². The van der Waals surface area contributed by atoms with E-state index in [-0.39, 0.29) is 11.8 Å². The van der Waals surface area contributed by atoms with Crippen LogP contribution < -0.4 is 10.6 Å². The van der Waals surface area contributed by atoms with E-state index >= 15 is 0 Å². The number of rotatable bonds is 5. The molecule has 1 amide bonds. The first-order valence-corrected chi connectivity index (χ1v) is 8.42. The highest BCUT2D eigenvalue weighted by Gasteiger charge is 2.26. The average Bonchev–Trinajstić information content (AvgIpc) is 2.88. The van der Waals surface area contributed by atoms with Crippen molar-refractivity contribution in [2.75, 3.05) is 32.7 Å². The third kappa shape index (κ3) is 3.59. The van der Waals surface area contributed by atoms with Crippen molar-refractivity contribution in [2.24, 2.45) is 11.8 Å². The molecule has 110 valence electrons. The summed E-state index contributed by atoms with van der Waals surface area (Å²) >= 11 is 1.83. The summed E-state index contributed by atoms with van der Waals surface area (Å²) in [4.78, 5) is 15.8. The number of carbonyl (C=O) groups excluding carboxylic acids is 1. The fourth-order valence-corrected chi connectivity index (χ4v) is 3.69. The monoisotopic (exact) mass is 293 g/mol. The number of nitrogens with one attached hydrogen (secondary N) is 2. The third-order valence-electron chi connectivity index (χ3n) is 4.28. The number of hydrogen-bond donors (Lipinski definition) is 2. The molecule has 3 heterocycles. The minimum atomic E-state index is 0.209. The van der Waals surface area contributed by atoms with Gasteiger partial charge >= 0.3 is 0 Å². The second-order valence-corrected chi connectivity index (χ2v) is 6.96. The predicted octanol–water partition coefficient (Wildman–Crippen LogP) is 1.30. The topological polar surface area (TPSA) is 44.4 Å². The number of likely N-dealkylation sites (tertiary alicyclic amines) is 1. The van der Waals surface area contributed by atoms with Gasteiger partial charge in [-0.1, -0.05) is 6.07 Å². The second-order valence-electron chi connectivity index (χ2n) is 5.92. The number of nitrogens with zero attached hydrogens (tertiary/aromatic N) is 1. The van der Waals surface area contributed by atoms with Crippen LogP contribution in [-0.2, 0) is 11.3 Å². The highest BCUT2D eigenvalue weighted by atomic mass is 32.1. The molecule has 2 aliphatic heterocycles. The maximum Gasteiger partial charge on any atom is 0.225 e. The molecule has 0 spiro atoms. The molecule has 20 heavy (non-hydrogen) atoms. The first-order chi connectivity index (χ1) is 9.81. The van der Waals surface area contributed by atoms with E-state index in [0.29, 0.717) is 5.92 Å². The SMILES string of the molecule is O=C(NCC1CCCN(Cc2cccs2)C1)C1CNC1. The normalized spacial score (nSPS) is 24.3. The lowest BCUT2D eigenvalue weighted by molar-refractivity contribution is -0.126. The van der Waals surface area contributed by atoms with Gasteiger partial charge in [-0.15, -0.1) is 11.3 Å². The molecule has 1 aromatic heterocycles. The van der Waals surface area contributed by atoms with Crippen LogP contribution in [0.15, 0.2) is 17.5 Å². The van der Waals surface area contributed by atoms with Crippen LogP contribution in [0.3, 0.4) is 0 Å². The number of hydrogen-bond acceptors (Lipinski definition) is 4. The maximum atomic E-state index is 11.8. The summed E-state index contributed by atoms with van der Waals surface area (Å²) in [6, 6.07) is 4.33. The lowest BCUT2D eigenvalue weighted by atomic mass is 9.97. The van der Waals surface area contributed by atoms with Crippen molar-refractivity contribution in [3.05, 3.63) is 22.4 Å². The number of thiophene rings is 1. The molecule has 1 atom stereocenters. The summed E-state index contributed by atoms with van der Waals surface area (Å²) in [5, 5.41) is 8.42. The van der Waals surface area contributed by atoms with E-state index in [9.17, 15) is 4.79 Å². The molecule has 2 N–H and O–H groups in total. The average molecular weight is 293 g/mol. The molecular formula is C15H23N3OS. The van der Waals surface area contributed by atoms with Gasteiger partial charge in [0.2, 0.25) is 5.91 Å². The van der Waals surface area contributed by atoms with E-state index in [4.69, 9.17) is 0 Å². The van der Waals surface area contributed by atoms with E-state index in [1.54, 1.807) is 0 Å². The Labute approximate surface area is 124 Å². The summed E-state index contributed by atoms with van der Waals surface area (Å²) in [7, 11) is 0. The van der Waals surface area contributed by atoms with Crippen LogP contribution in [0, 0.1) is 11.8 Å². The standard InChI is InChI=1S/C15H23N3OS/c19-15(13-8-16-9-13)17-7-12-3-1-5-18(10-12)11-14-4-2-6-20-14/h2,4,6,12-13,16H,1,3,5,7-11H2,(H,17,19). The Bertz CT molecular complexity index is 430. The summed E-state index contributed by atoms with van der Waals surface area (Å²) < 4.78 is 0. The van der Waals surface area contributed by atoms with Gasteiger partial charge in [0.05, 0.1) is 5.92 Å². The van der Waals surface area contributed by atoms with E-state index in [1.807, 2.05) is 11.3 Å². The Hall–Kier alpha value is -0.910. The van der Waals surface area contributed by atoms with Gasteiger partial charge in [0.1, 0.15) is 0 Å². The summed E-state index contributed by atoms with van der Waals surface area (Å²) in [5.41, 5.74) is 0. The predicted molar refractivity (Wildman–Crippen MR) is 81.7 cm³/mol. The maximum absolute atomic E-state index is 11.8. The van der Waals surface area contributed by atoms with Gasteiger partial charge in [0.25, 0.3) is 0 Å². The molecule has 0 radical (unpaired) electrons. The summed E-state index contributed by atoms with van der Waals surface area (Å²) in [5.74, 6) is 1.06. The van der Waals surface area contributed by atoms with Crippen molar-refractivity contribution >= 4 is 17.2 Å². The number of piperidine rings is 1. The number of amides is 1. The zero-order chi connectivity index (χ0) is 13.8. The van der Waals surface area contributed by atoms with Crippen molar-refractivity contribution in [3.63, 3.8) is 0 Å². The van der Waals surface area contributed by atoms with Crippen molar-refractivity contribution in [1.29, 1.82) is 0 Å². The van der Waals surface area contributed by atoms with Gasteiger partial charge in [-0.25, -0.2) is 0 Å². The molecule has 4 nitrogen and oxygen atoms in total. The lowest BCUT2D eigenvalue weighted by Gasteiger charge is -2.33. The van der Waals surface area contributed by atoms with Crippen LogP contribution in [0.4, 0.5) is 0 Å². The fraction of sp³-hybridized carbons (Fsp3) is 0.667. The van der Waals surface area contributed by atoms with Crippen LogP contribution >= 0.6 is 11.3 Å². The Balaban J connectivity index is 1.42. The van der Waals surface area contributed by atoms with Crippen LogP contribution in [-0.4, -0.2) is 43.5 Å². The molecule has 1 unspecified atom stereocenters. The van der Waals surface area contributed by atoms with Crippen molar-refractivity contribution in [1.82, 2.24) is 15.5 Å². The minimum absolute atomic E-state index is 0.209. The van der Waals surface area contributed by atoms with Gasteiger partial charge < -0.3 is 10.6 Å². The van der Waals surface area contributed by atoms with Gasteiger partial charge in [-0.05, 0) is 36.8 Å². The second kappa shape index (κ2) is 6.70. The Kier molecular flexibility index (Phi) is 4.70. The molecule has 2 aliphatic rings. The van der Waals surface area contributed by atoms with E-state index in [2.05, 4.69) is 33.0 Å². The van der Waals surface area contributed by atoms with Gasteiger partial charge in [-0.3, -0.25) is 9.69 Å². The molecule has 0 saturated carbocycles. The first-order valence-electron chi connectivity index (χ1n) is 7.54. The zero-order valence-electron chi connectivity index (χ0n) is 11.8. The van der Waals surface area contributed by atoms with Crippen LogP contribution in [0.25, 0.3) is 0 Å². The van der Waals surface area contributed by atoms with E-state index in [1.165, 1.54) is 24.3 Å². The Morgan fingerprint density at radius 2 is 2.40 bits per heavy atom. The molecule has 5 heteroatoms. The molecule has 3 rings (SSSR count). The Morgan fingerprint density at radius 1 is 1.50 bits per heavy atom. The van der Waals surface area contributed by atoms with Gasteiger partial charge in [-0.2, -0.15) is 0 Å². The van der Waals surface area contributed by atoms with E-state index in [0.717, 1.165) is 32.7 Å². The number of carbonyl (C=O) groups is 1. The molecule has 2 saturated heterocycles. The van der Waals surface area contributed by atoms with Crippen LogP contribution in [0.5, 0.6) is 0 Å². The molecule has 2 fully saturated rings. The fourth-order valence-electron chi connectivity index (χ4n) is 2.95. The largest absolute Gasteiger partial charge is 0.355 e. The molecular weight excluding hydrogens is 270 g/mol. The quantitative estimate of drug-likeness (QED) is 0.860. The van der Waals surface area contributed by atoms with E-state index < -0.39 is 0 Å². The van der Waals surface area contributed by atoms with Crippen LogP contribution in [0.2, 0.25) is 0 Å². The van der Waals surface area contributed by atoms with Crippen LogP contribution in [0.1, 0.15) is 17.7 Å². The lowest BCUT2D eigenvalue weighted by Crippen LogP contribution is -2.52. The van der Waals surface area contributed by atoms with Crippen molar-refractivity contribution in [3.8, 4) is 0 Å². The molecule has 0 bridgehead atoms. The highest BCUT2D eigenvalue weighted by Crippen LogP contribution is 2.20. The Morgan fingerprint density at radius 3 is 3.10 bits per heavy atom. The minimum Gasteiger partial charge on any atom is -0.355 e. The van der Waals surface area contributed by atoms with Crippen molar-refractivity contribution < 1.29 is 4.79 Å². The summed E-state index contributed by atoms with van der Waals surface area (Å²) in [6.45, 7) is 5.91. The molecule has 1 aromatic rings. The first kappa shape index (κ1) is 14.0. The van der Waals surface area contributed by atoms with Gasteiger partial charge in [0.15, 0.2) is 0 Å². The zero-order valence-corrected chi connectivity index (χ0v) is 12.6. The summed E-state index contributed by atoms with van der Waals surface area (Å²) in [6.07, 6.45) is 2.49. The molecule has 0 aromatic carbocycles. The smallest absolute Gasteiger partial charge is 0.225 e. The van der Waals surface area contributed by atoms with Gasteiger partial charge in [0, 0.05) is 37.6 Å². The molecule has 0 aliphatic carbocycles. The third-order valence-corrected chi connectivity index (χ3v) is 5.14. The highest BCUT2D eigenvalue weighted by molar-refractivity contribution is 7.09.